The SMILES string of the molecule is Cc1ccc2nnc(C(C)CCN)n2n1. The zero-order chi connectivity index (χ0) is 10.8. The summed E-state index contributed by atoms with van der Waals surface area (Å²) in [4.78, 5) is 0. The molecule has 15 heavy (non-hydrogen) atoms. The van der Waals surface area contributed by atoms with E-state index in [1.54, 1.807) is 4.52 Å². The van der Waals surface area contributed by atoms with Crippen molar-refractivity contribution in [3.05, 3.63) is 23.7 Å². The Balaban J connectivity index is 2.47. The van der Waals surface area contributed by atoms with Crippen LogP contribution in [0.15, 0.2) is 12.1 Å². The van der Waals surface area contributed by atoms with Crippen LogP contribution >= 0.6 is 0 Å². The summed E-state index contributed by atoms with van der Waals surface area (Å²) in [6.45, 7) is 4.70. The number of rotatable bonds is 3. The van der Waals surface area contributed by atoms with E-state index in [1.807, 2.05) is 19.1 Å². The van der Waals surface area contributed by atoms with Crippen LogP contribution in [0.1, 0.15) is 30.8 Å². The molecule has 2 N–H and O–H groups in total. The smallest absolute Gasteiger partial charge is 0.177 e. The zero-order valence-corrected chi connectivity index (χ0v) is 9.01. The molecule has 5 nitrogen and oxygen atoms in total. The predicted molar refractivity (Wildman–Crippen MR) is 57.6 cm³/mol. The van der Waals surface area contributed by atoms with Gasteiger partial charge >= 0.3 is 0 Å². The summed E-state index contributed by atoms with van der Waals surface area (Å²) < 4.78 is 1.80. The van der Waals surface area contributed by atoms with Crippen LogP contribution in [-0.2, 0) is 0 Å². The second-order valence-electron chi connectivity index (χ2n) is 3.78. The van der Waals surface area contributed by atoms with Crippen LogP contribution in [0.2, 0.25) is 0 Å². The normalized spacial score (nSPS) is 13.3. The van der Waals surface area contributed by atoms with Crippen LogP contribution in [0.25, 0.3) is 5.65 Å². The predicted octanol–water partition coefficient (Wildman–Crippen LogP) is 0.885. The fourth-order valence-corrected chi connectivity index (χ4v) is 1.58. The minimum absolute atomic E-state index is 0.291. The van der Waals surface area contributed by atoms with Gasteiger partial charge in [0.05, 0.1) is 5.69 Å². The number of aryl methyl sites for hydroxylation is 1. The molecule has 0 saturated carbocycles. The number of hydrogen-bond donors (Lipinski definition) is 1. The maximum Gasteiger partial charge on any atom is 0.177 e. The van der Waals surface area contributed by atoms with Crippen molar-refractivity contribution in [3.8, 4) is 0 Å². The third-order valence-electron chi connectivity index (χ3n) is 2.46. The van der Waals surface area contributed by atoms with Crippen molar-refractivity contribution >= 4 is 5.65 Å². The minimum atomic E-state index is 0.291. The van der Waals surface area contributed by atoms with Gasteiger partial charge in [-0.2, -0.15) is 9.61 Å². The molecule has 2 heterocycles. The summed E-state index contributed by atoms with van der Waals surface area (Å²) in [5.41, 5.74) is 7.28. The van der Waals surface area contributed by atoms with E-state index >= 15 is 0 Å². The molecule has 0 spiro atoms. The second kappa shape index (κ2) is 3.94. The van der Waals surface area contributed by atoms with E-state index in [4.69, 9.17) is 5.73 Å². The molecule has 0 bridgehead atoms. The fraction of sp³-hybridized carbons (Fsp3) is 0.500. The molecule has 0 amide bonds. The lowest BCUT2D eigenvalue weighted by Gasteiger charge is -2.06. The van der Waals surface area contributed by atoms with Crippen LogP contribution in [0.5, 0.6) is 0 Å². The van der Waals surface area contributed by atoms with E-state index in [9.17, 15) is 0 Å². The van der Waals surface area contributed by atoms with Crippen LogP contribution in [0.3, 0.4) is 0 Å². The first-order valence-electron chi connectivity index (χ1n) is 5.11. The molecular weight excluding hydrogens is 190 g/mol. The highest BCUT2D eigenvalue weighted by Crippen LogP contribution is 2.16. The van der Waals surface area contributed by atoms with Crippen molar-refractivity contribution in [2.24, 2.45) is 5.73 Å². The van der Waals surface area contributed by atoms with Gasteiger partial charge in [0.15, 0.2) is 11.5 Å². The van der Waals surface area contributed by atoms with Gasteiger partial charge in [-0.05, 0) is 32.0 Å². The topological polar surface area (TPSA) is 69.1 Å². The average Bonchev–Trinajstić information content (AvgIpc) is 2.60. The van der Waals surface area contributed by atoms with Crippen LogP contribution < -0.4 is 5.73 Å². The van der Waals surface area contributed by atoms with Crippen molar-refractivity contribution in [3.63, 3.8) is 0 Å². The molecule has 2 aromatic rings. The van der Waals surface area contributed by atoms with Gasteiger partial charge in [-0.15, -0.1) is 10.2 Å². The minimum Gasteiger partial charge on any atom is -0.330 e. The Hall–Kier alpha value is -1.49. The van der Waals surface area contributed by atoms with E-state index in [0.717, 1.165) is 23.6 Å². The molecule has 0 aliphatic carbocycles. The van der Waals surface area contributed by atoms with Gasteiger partial charge in [0.1, 0.15) is 0 Å². The first-order valence-corrected chi connectivity index (χ1v) is 5.11. The van der Waals surface area contributed by atoms with E-state index in [0.29, 0.717) is 12.5 Å². The molecule has 0 saturated heterocycles. The number of aromatic nitrogens is 4. The van der Waals surface area contributed by atoms with E-state index in [2.05, 4.69) is 22.2 Å². The van der Waals surface area contributed by atoms with Gasteiger partial charge in [-0.3, -0.25) is 0 Å². The summed E-state index contributed by atoms with van der Waals surface area (Å²) >= 11 is 0. The molecule has 2 aromatic heterocycles. The van der Waals surface area contributed by atoms with Gasteiger partial charge in [-0.1, -0.05) is 6.92 Å². The van der Waals surface area contributed by atoms with Crippen molar-refractivity contribution < 1.29 is 0 Å². The number of fused-ring (bicyclic) bond motifs is 1. The first-order chi connectivity index (χ1) is 7.22. The van der Waals surface area contributed by atoms with E-state index in [-0.39, 0.29) is 0 Å². The van der Waals surface area contributed by atoms with Crippen LogP contribution in [0.4, 0.5) is 0 Å². The van der Waals surface area contributed by atoms with Gasteiger partial charge < -0.3 is 5.73 Å². The average molecular weight is 205 g/mol. The Morgan fingerprint density at radius 2 is 2.20 bits per heavy atom. The lowest BCUT2D eigenvalue weighted by Crippen LogP contribution is -2.09. The zero-order valence-electron chi connectivity index (χ0n) is 9.01. The summed E-state index contributed by atoms with van der Waals surface area (Å²) in [5.74, 6) is 1.18. The Morgan fingerprint density at radius 3 is 2.93 bits per heavy atom. The summed E-state index contributed by atoms with van der Waals surface area (Å²) in [5, 5.41) is 12.6. The monoisotopic (exact) mass is 205 g/mol. The van der Waals surface area contributed by atoms with E-state index in [1.165, 1.54) is 0 Å². The quantitative estimate of drug-likeness (QED) is 0.807. The van der Waals surface area contributed by atoms with Gasteiger partial charge in [0, 0.05) is 5.92 Å². The molecular formula is C10H15N5. The molecule has 5 heteroatoms. The number of hydrogen-bond acceptors (Lipinski definition) is 4. The number of nitrogens with zero attached hydrogens (tertiary/aromatic N) is 4. The molecule has 0 aromatic carbocycles. The van der Waals surface area contributed by atoms with Gasteiger partial charge in [0.25, 0.3) is 0 Å². The highest BCUT2D eigenvalue weighted by molar-refractivity contribution is 5.36. The van der Waals surface area contributed by atoms with Gasteiger partial charge in [-0.25, -0.2) is 0 Å². The standard InChI is InChI=1S/C10H15N5/c1-7(5-6-11)10-13-12-9-4-3-8(2)14-15(9)10/h3-4,7H,5-6,11H2,1-2H3. The van der Waals surface area contributed by atoms with Crippen molar-refractivity contribution in [2.45, 2.75) is 26.2 Å². The third kappa shape index (κ3) is 1.83. The largest absolute Gasteiger partial charge is 0.330 e. The highest BCUT2D eigenvalue weighted by Gasteiger charge is 2.13. The van der Waals surface area contributed by atoms with Crippen molar-refractivity contribution in [2.75, 3.05) is 6.54 Å². The van der Waals surface area contributed by atoms with E-state index < -0.39 is 0 Å². The Labute approximate surface area is 88.3 Å². The van der Waals surface area contributed by atoms with Gasteiger partial charge in [0.2, 0.25) is 0 Å². The Morgan fingerprint density at radius 1 is 1.40 bits per heavy atom. The Bertz CT molecular complexity index is 462. The third-order valence-corrected chi connectivity index (χ3v) is 2.46. The summed E-state index contributed by atoms with van der Waals surface area (Å²) in [7, 11) is 0. The fourth-order valence-electron chi connectivity index (χ4n) is 1.58. The molecule has 2 rings (SSSR count). The molecule has 0 fully saturated rings. The van der Waals surface area contributed by atoms with Crippen LogP contribution in [0, 0.1) is 6.92 Å². The lowest BCUT2D eigenvalue weighted by molar-refractivity contribution is 0.621. The van der Waals surface area contributed by atoms with Crippen LogP contribution in [-0.4, -0.2) is 26.4 Å². The van der Waals surface area contributed by atoms with Crippen molar-refractivity contribution in [1.29, 1.82) is 0 Å². The molecule has 0 radical (unpaired) electrons. The first kappa shape index (κ1) is 10.0. The maximum absolute atomic E-state index is 5.53. The molecule has 0 aliphatic heterocycles. The molecule has 0 aliphatic rings. The lowest BCUT2D eigenvalue weighted by atomic mass is 10.1. The van der Waals surface area contributed by atoms with Crippen molar-refractivity contribution in [1.82, 2.24) is 19.8 Å². The maximum atomic E-state index is 5.53. The second-order valence-corrected chi connectivity index (χ2v) is 3.78. The Kier molecular flexibility index (Phi) is 2.64. The summed E-state index contributed by atoms with van der Waals surface area (Å²) in [6, 6.07) is 3.86. The molecule has 80 valence electrons. The molecule has 1 atom stereocenters. The number of nitrogens with two attached hydrogens (primary N) is 1. The molecule has 1 unspecified atom stereocenters. The highest BCUT2D eigenvalue weighted by atomic mass is 15.4. The summed E-state index contributed by atoms with van der Waals surface area (Å²) in [6.07, 6.45) is 0.899.